The number of nitrogens with zero attached hydrogens (tertiary/aromatic N) is 8. The number of amides is 1. The summed E-state index contributed by atoms with van der Waals surface area (Å²) in [6.45, 7) is 7.67. The highest BCUT2D eigenvalue weighted by atomic mass is 32.1. The smallest absolute Gasteiger partial charge is 0.236 e. The predicted molar refractivity (Wildman–Crippen MR) is 161 cm³/mol. The summed E-state index contributed by atoms with van der Waals surface area (Å²) in [4.78, 5) is 30.3. The molecule has 1 atom stereocenters. The van der Waals surface area contributed by atoms with Gasteiger partial charge in [-0.25, -0.2) is 14.4 Å². The summed E-state index contributed by atoms with van der Waals surface area (Å²) < 4.78 is 15.3. The lowest BCUT2D eigenvalue weighted by Crippen LogP contribution is -2.42. The van der Waals surface area contributed by atoms with Crippen molar-refractivity contribution in [2.24, 2.45) is 0 Å². The molecule has 218 valence electrons. The first-order chi connectivity index (χ1) is 19.8. The molecule has 12 heteroatoms. The minimum Gasteiger partial charge on any atom is -0.391 e. The first-order valence-corrected chi connectivity index (χ1v) is 14.9. The van der Waals surface area contributed by atoms with Gasteiger partial charge in [-0.2, -0.15) is 4.52 Å². The van der Waals surface area contributed by atoms with E-state index in [4.69, 9.17) is 15.1 Å². The zero-order valence-corrected chi connectivity index (χ0v) is 24.8. The topological polar surface area (TPSA) is 93.3 Å². The number of hydrogen-bond acceptors (Lipinski definition) is 9. The van der Waals surface area contributed by atoms with Gasteiger partial charge >= 0.3 is 0 Å². The molecule has 4 aromatic rings. The summed E-state index contributed by atoms with van der Waals surface area (Å²) in [5.74, 6) is 1.44. The number of imidazole rings is 1. The number of aliphatic hydroxyl groups excluding tert-OH is 1. The molecule has 5 rings (SSSR count). The second-order valence-corrected chi connectivity index (χ2v) is 11.2. The van der Waals surface area contributed by atoms with Gasteiger partial charge in [0.25, 0.3) is 0 Å². The van der Waals surface area contributed by atoms with Gasteiger partial charge in [-0.3, -0.25) is 9.69 Å². The number of aromatic nitrogens is 4. The van der Waals surface area contributed by atoms with Crippen LogP contribution in [0, 0.1) is 5.82 Å². The fourth-order valence-corrected chi connectivity index (χ4v) is 5.81. The number of aliphatic hydroxyl groups is 1. The molecule has 1 N–H and O–H groups in total. The molecule has 0 unspecified atom stereocenters. The van der Waals surface area contributed by atoms with E-state index >= 15 is 0 Å². The summed E-state index contributed by atoms with van der Waals surface area (Å²) in [6, 6.07) is 10.3. The number of likely N-dealkylation sites (tertiary alicyclic amines) is 1. The van der Waals surface area contributed by atoms with E-state index in [2.05, 4.69) is 23.6 Å². The van der Waals surface area contributed by atoms with Crippen molar-refractivity contribution in [2.45, 2.75) is 32.8 Å². The van der Waals surface area contributed by atoms with Gasteiger partial charge in [0.1, 0.15) is 11.6 Å². The Kier molecular flexibility index (Phi) is 8.81. The zero-order chi connectivity index (χ0) is 29.1. The minimum atomic E-state index is -0.408. The SMILES string of the molecule is CCc1nc2ccc(N(C)CCN(CC)CC(=O)N3CC[C@@H](O)C3)nn2c1N(C)c1nc(-c2ccc(F)cc2)cs1. The number of fused-ring (bicyclic) bond motifs is 1. The fourth-order valence-electron chi connectivity index (χ4n) is 5.01. The maximum atomic E-state index is 13.4. The summed E-state index contributed by atoms with van der Waals surface area (Å²) >= 11 is 1.51. The predicted octanol–water partition coefficient (Wildman–Crippen LogP) is 3.67. The van der Waals surface area contributed by atoms with E-state index in [9.17, 15) is 14.3 Å². The average molecular weight is 581 g/mol. The number of anilines is 3. The Balaban J connectivity index is 1.32. The highest BCUT2D eigenvalue weighted by molar-refractivity contribution is 7.14. The Bertz CT molecular complexity index is 1490. The quantitative estimate of drug-likeness (QED) is 0.287. The first-order valence-electron chi connectivity index (χ1n) is 14.0. The lowest BCUT2D eigenvalue weighted by atomic mass is 10.2. The highest BCUT2D eigenvalue weighted by Gasteiger charge is 2.26. The van der Waals surface area contributed by atoms with Crippen molar-refractivity contribution in [3.8, 4) is 11.3 Å². The molecular formula is C29H37FN8O2S. The van der Waals surface area contributed by atoms with Crippen molar-refractivity contribution in [1.82, 2.24) is 29.4 Å². The van der Waals surface area contributed by atoms with Crippen LogP contribution in [0.25, 0.3) is 16.9 Å². The normalized spacial score (nSPS) is 15.3. The van der Waals surface area contributed by atoms with Gasteiger partial charge in [-0.05, 0) is 55.8 Å². The van der Waals surface area contributed by atoms with Crippen molar-refractivity contribution in [1.29, 1.82) is 0 Å². The molecule has 0 bridgehead atoms. The summed E-state index contributed by atoms with van der Waals surface area (Å²) in [5, 5.41) is 17.5. The van der Waals surface area contributed by atoms with E-state index in [1.54, 1.807) is 17.0 Å². The molecule has 1 saturated heterocycles. The molecule has 10 nitrogen and oxygen atoms in total. The highest BCUT2D eigenvalue weighted by Crippen LogP contribution is 2.33. The Morgan fingerprint density at radius 3 is 2.59 bits per heavy atom. The second-order valence-electron chi connectivity index (χ2n) is 10.4. The molecule has 1 aromatic carbocycles. The molecule has 3 aromatic heterocycles. The number of aryl methyl sites for hydroxylation is 1. The maximum Gasteiger partial charge on any atom is 0.236 e. The first kappa shape index (κ1) is 28.9. The van der Waals surface area contributed by atoms with Gasteiger partial charge in [0.05, 0.1) is 24.0 Å². The van der Waals surface area contributed by atoms with E-state index in [0.29, 0.717) is 39.1 Å². The van der Waals surface area contributed by atoms with Gasteiger partial charge in [0, 0.05) is 51.2 Å². The number of hydrogen-bond donors (Lipinski definition) is 1. The lowest BCUT2D eigenvalue weighted by Gasteiger charge is -2.26. The molecular weight excluding hydrogens is 543 g/mol. The molecule has 0 aliphatic carbocycles. The van der Waals surface area contributed by atoms with Crippen LogP contribution in [0.4, 0.5) is 21.2 Å². The Morgan fingerprint density at radius 1 is 1.12 bits per heavy atom. The second kappa shape index (κ2) is 12.5. The van der Waals surface area contributed by atoms with E-state index in [1.807, 2.05) is 41.0 Å². The van der Waals surface area contributed by atoms with Gasteiger partial charge in [0.15, 0.2) is 16.6 Å². The van der Waals surface area contributed by atoms with Crippen molar-refractivity contribution >= 4 is 39.7 Å². The molecule has 41 heavy (non-hydrogen) atoms. The van der Waals surface area contributed by atoms with Crippen LogP contribution < -0.4 is 9.80 Å². The van der Waals surface area contributed by atoms with E-state index in [1.165, 1.54) is 23.5 Å². The summed E-state index contributed by atoms with van der Waals surface area (Å²) in [5.41, 5.74) is 3.32. The van der Waals surface area contributed by atoms with Crippen LogP contribution in [0.5, 0.6) is 0 Å². The van der Waals surface area contributed by atoms with Crippen molar-refractivity contribution in [3.05, 3.63) is 53.3 Å². The minimum absolute atomic E-state index is 0.0635. The molecule has 0 saturated carbocycles. The Morgan fingerprint density at radius 2 is 1.90 bits per heavy atom. The average Bonchev–Trinajstić information content (AvgIpc) is 3.73. The Hall–Kier alpha value is -3.61. The molecule has 0 radical (unpaired) electrons. The molecule has 1 fully saturated rings. The van der Waals surface area contributed by atoms with Gasteiger partial charge < -0.3 is 19.8 Å². The zero-order valence-electron chi connectivity index (χ0n) is 24.0. The van der Waals surface area contributed by atoms with Crippen LogP contribution in [0.2, 0.25) is 0 Å². The van der Waals surface area contributed by atoms with Gasteiger partial charge in [-0.1, -0.05) is 13.8 Å². The monoisotopic (exact) mass is 580 g/mol. The number of β-amino-alcohol motifs (C(OH)–C–C–N with tert-alkyl or cyclic N) is 1. The summed E-state index contributed by atoms with van der Waals surface area (Å²) in [7, 11) is 3.96. The molecule has 1 amide bonds. The number of halogens is 1. The van der Waals surface area contributed by atoms with Crippen LogP contribution in [0.3, 0.4) is 0 Å². The molecule has 1 aliphatic rings. The number of carbonyl (C=O) groups excluding carboxylic acids is 1. The molecule has 1 aliphatic heterocycles. The third-order valence-corrected chi connectivity index (χ3v) is 8.46. The maximum absolute atomic E-state index is 13.4. The number of carbonyl (C=O) groups is 1. The van der Waals surface area contributed by atoms with Crippen molar-refractivity contribution < 1.29 is 14.3 Å². The number of rotatable bonds is 11. The van der Waals surface area contributed by atoms with Crippen LogP contribution in [-0.4, -0.2) is 99.9 Å². The third kappa shape index (κ3) is 6.34. The van der Waals surface area contributed by atoms with Crippen LogP contribution >= 0.6 is 11.3 Å². The van der Waals surface area contributed by atoms with E-state index in [0.717, 1.165) is 52.3 Å². The van der Waals surface area contributed by atoms with Crippen molar-refractivity contribution in [3.63, 3.8) is 0 Å². The molecule has 4 heterocycles. The van der Waals surface area contributed by atoms with Crippen LogP contribution in [0.15, 0.2) is 41.8 Å². The van der Waals surface area contributed by atoms with Crippen LogP contribution in [-0.2, 0) is 11.2 Å². The third-order valence-electron chi connectivity index (χ3n) is 7.55. The standard InChI is InChI=1S/C29H37FN8O2S/c1-5-23-28(35(4)29-32-24(19-41-29)20-7-9-21(30)10-8-20)38-25(31-23)11-12-26(33-38)34(3)15-16-36(6-2)18-27(40)37-14-13-22(39)17-37/h7-12,19,22,39H,5-6,13-18H2,1-4H3/t22-/m1/s1. The summed E-state index contributed by atoms with van der Waals surface area (Å²) in [6.07, 6.45) is 0.976. The van der Waals surface area contributed by atoms with Crippen LogP contribution in [0.1, 0.15) is 26.0 Å². The Labute approximate surface area is 243 Å². The largest absolute Gasteiger partial charge is 0.391 e. The van der Waals surface area contributed by atoms with Crippen molar-refractivity contribution in [2.75, 3.05) is 63.2 Å². The lowest BCUT2D eigenvalue weighted by molar-refractivity contribution is -0.131. The van der Waals surface area contributed by atoms with Gasteiger partial charge in [-0.15, -0.1) is 16.4 Å². The molecule has 0 spiro atoms. The fraction of sp³-hybridized carbons (Fsp3) is 0.448. The van der Waals surface area contributed by atoms with E-state index < -0.39 is 6.10 Å². The van der Waals surface area contributed by atoms with E-state index in [-0.39, 0.29) is 11.7 Å². The number of benzene rings is 1. The van der Waals surface area contributed by atoms with Gasteiger partial charge in [0.2, 0.25) is 5.91 Å². The number of thiazole rings is 1. The number of likely N-dealkylation sites (N-methyl/N-ethyl adjacent to an activating group) is 2.